The number of aromatic nitrogens is 1. The van der Waals surface area contributed by atoms with Crippen molar-refractivity contribution >= 4 is 24.8 Å². The molecule has 0 spiro atoms. The van der Waals surface area contributed by atoms with Gasteiger partial charge in [-0.1, -0.05) is 48.2 Å². The summed E-state index contributed by atoms with van der Waals surface area (Å²) < 4.78 is 5.87. The fraction of sp³-hybridized carbons (Fsp3) is 0.348. The van der Waals surface area contributed by atoms with Gasteiger partial charge >= 0.3 is 0 Å². The van der Waals surface area contributed by atoms with Crippen molar-refractivity contribution < 1.29 is 4.74 Å². The van der Waals surface area contributed by atoms with Crippen molar-refractivity contribution in [3.63, 3.8) is 0 Å². The second kappa shape index (κ2) is 13.2. The molecule has 0 saturated carbocycles. The molecule has 0 bridgehead atoms. The van der Waals surface area contributed by atoms with Crippen LogP contribution in [-0.4, -0.2) is 23.5 Å². The minimum absolute atomic E-state index is 0. The van der Waals surface area contributed by atoms with Crippen molar-refractivity contribution in [2.45, 2.75) is 33.9 Å². The maximum atomic E-state index is 5.87. The highest BCUT2D eigenvalue weighted by Crippen LogP contribution is 2.14. The molecule has 0 unspecified atom stereocenters. The number of hydrogen-bond acceptors (Lipinski definition) is 3. The van der Waals surface area contributed by atoms with Gasteiger partial charge in [0.25, 0.3) is 0 Å². The van der Waals surface area contributed by atoms with Crippen LogP contribution in [0.2, 0.25) is 0 Å². The number of pyridine rings is 1. The molecule has 1 heterocycles. The Kier molecular flexibility index (Phi) is 12.3. The minimum Gasteiger partial charge on any atom is -0.489 e. The summed E-state index contributed by atoms with van der Waals surface area (Å²) in [7, 11) is 2.07. The summed E-state index contributed by atoms with van der Waals surface area (Å²) >= 11 is 0. The van der Waals surface area contributed by atoms with Gasteiger partial charge in [-0.3, -0.25) is 9.88 Å². The zero-order chi connectivity index (χ0) is 18.8. The maximum Gasteiger partial charge on any atom is 0.123 e. The molecule has 3 nitrogen and oxygen atoms in total. The summed E-state index contributed by atoms with van der Waals surface area (Å²) in [4.78, 5) is 6.63. The average Bonchev–Trinajstić information content (AvgIpc) is 2.60. The lowest BCUT2D eigenvalue weighted by atomic mass is 9.98. The van der Waals surface area contributed by atoms with Crippen LogP contribution in [-0.2, 0) is 13.2 Å². The van der Waals surface area contributed by atoms with Crippen LogP contribution in [0.5, 0.6) is 5.75 Å². The largest absolute Gasteiger partial charge is 0.489 e. The monoisotopic (exact) mass is 420 g/mol. The van der Waals surface area contributed by atoms with Gasteiger partial charge in [-0.2, -0.15) is 0 Å². The van der Waals surface area contributed by atoms with Gasteiger partial charge in [0.15, 0.2) is 0 Å². The van der Waals surface area contributed by atoms with E-state index in [9.17, 15) is 0 Å². The quantitative estimate of drug-likeness (QED) is 0.549. The van der Waals surface area contributed by atoms with Crippen LogP contribution in [0.25, 0.3) is 0 Å². The van der Waals surface area contributed by atoms with E-state index in [1.165, 1.54) is 0 Å². The van der Waals surface area contributed by atoms with Gasteiger partial charge in [0, 0.05) is 30.8 Å². The highest BCUT2D eigenvalue weighted by molar-refractivity contribution is 5.85. The molecule has 2 rings (SSSR count). The molecule has 2 aromatic rings. The summed E-state index contributed by atoms with van der Waals surface area (Å²) in [5.41, 5.74) is 2.19. The summed E-state index contributed by atoms with van der Waals surface area (Å²) in [6.45, 7) is 8.49. The van der Waals surface area contributed by atoms with Gasteiger partial charge in [0.1, 0.15) is 12.4 Å². The molecule has 5 heteroatoms. The van der Waals surface area contributed by atoms with Gasteiger partial charge in [-0.05, 0) is 45.5 Å². The molecule has 0 saturated heterocycles. The second-order valence-corrected chi connectivity index (χ2v) is 7.38. The first-order chi connectivity index (χ1) is 12.4. The van der Waals surface area contributed by atoms with Crippen molar-refractivity contribution in [1.29, 1.82) is 0 Å². The van der Waals surface area contributed by atoms with Crippen LogP contribution in [0.1, 0.15) is 32.0 Å². The number of rotatable bonds is 7. The molecule has 0 aliphatic rings. The second-order valence-electron chi connectivity index (χ2n) is 7.38. The van der Waals surface area contributed by atoms with Gasteiger partial charge in [-0.15, -0.1) is 24.8 Å². The lowest BCUT2D eigenvalue weighted by Gasteiger charge is -2.14. The maximum absolute atomic E-state index is 5.87. The Balaban J connectivity index is 0.00000364. The van der Waals surface area contributed by atoms with Crippen LogP contribution < -0.4 is 4.74 Å². The van der Waals surface area contributed by atoms with E-state index in [0.29, 0.717) is 6.61 Å². The van der Waals surface area contributed by atoms with Gasteiger partial charge < -0.3 is 4.74 Å². The number of hydrogen-bond donors (Lipinski definition) is 0. The van der Waals surface area contributed by atoms with Gasteiger partial charge in [0.05, 0.1) is 5.69 Å². The zero-order valence-corrected chi connectivity index (χ0v) is 18.6. The van der Waals surface area contributed by atoms with Crippen LogP contribution in [0, 0.1) is 17.3 Å². The number of ether oxygens (including phenoxy) is 1. The molecule has 0 amide bonds. The normalized spacial score (nSPS) is 10.6. The van der Waals surface area contributed by atoms with E-state index in [4.69, 9.17) is 4.74 Å². The number of likely N-dealkylation sites (N-methyl/N-ethyl adjacent to an activating group) is 1. The topological polar surface area (TPSA) is 25.4 Å². The molecule has 152 valence electrons. The fourth-order valence-corrected chi connectivity index (χ4v) is 2.26. The Labute approximate surface area is 182 Å². The van der Waals surface area contributed by atoms with E-state index >= 15 is 0 Å². The lowest BCUT2D eigenvalue weighted by Crippen LogP contribution is -2.18. The SMILES string of the molecule is CN(CC=CC#CC(C)(C)C)Cc1cc(OCc2ccccc2)ccn1.Cl.Cl. The van der Waals surface area contributed by atoms with Gasteiger partial charge in [-0.25, -0.2) is 0 Å². The summed E-state index contributed by atoms with van der Waals surface area (Å²) in [6, 6.07) is 14.1. The molecule has 0 aliphatic carbocycles. The molecular formula is C23H30Cl2N2O. The van der Waals surface area contributed by atoms with Crippen LogP contribution >= 0.6 is 24.8 Å². The highest BCUT2D eigenvalue weighted by Gasteiger charge is 2.03. The average molecular weight is 421 g/mol. The zero-order valence-electron chi connectivity index (χ0n) is 17.0. The van der Waals surface area contributed by atoms with Crippen molar-refractivity contribution in [2.75, 3.05) is 13.6 Å². The first-order valence-electron chi connectivity index (χ1n) is 8.90. The molecule has 0 fully saturated rings. The van der Waals surface area contributed by atoms with Crippen molar-refractivity contribution in [3.05, 3.63) is 72.1 Å². The first-order valence-corrected chi connectivity index (χ1v) is 8.90. The van der Waals surface area contributed by atoms with Crippen molar-refractivity contribution in [3.8, 4) is 17.6 Å². The molecule has 0 radical (unpaired) electrons. The number of benzene rings is 1. The molecule has 1 aromatic heterocycles. The molecule has 1 aromatic carbocycles. The van der Waals surface area contributed by atoms with Crippen LogP contribution in [0.15, 0.2) is 60.8 Å². The summed E-state index contributed by atoms with van der Waals surface area (Å²) in [5.74, 6) is 7.14. The Bertz CT molecular complexity index is 774. The van der Waals surface area contributed by atoms with E-state index in [-0.39, 0.29) is 30.2 Å². The van der Waals surface area contributed by atoms with Crippen LogP contribution in [0.3, 0.4) is 0 Å². The molecule has 0 N–H and O–H groups in total. The summed E-state index contributed by atoms with van der Waals surface area (Å²) in [5, 5.41) is 0. The third-order valence-corrected chi connectivity index (χ3v) is 3.53. The van der Waals surface area contributed by atoms with E-state index in [2.05, 4.69) is 67.8 Å². The smallest absolute Gasteiger partial charge is 0.123 e. The third-order valence-electron chi connectivity index (χ3n) is 3.53. The highest BCUT2D eigenvalue weighted by atomic mass is 35.5. The first kappa shape index (κ1) is 26.0. The lowest BCUT2D eigenvalue weighted by molar-refractivity contribution is 0.303. The Morgan fingerprint density at radius 1 is 1.11 bits per heavy atom. The molecule has 0 aliphatic heterocycles. The van der Waals surface area contributed by atoms with E-state index in [1.54, 1.807) is 6.20 Å². The van der Waals surface area contributed by atoms with Gasteiger partial charge in [0.2, 0.25) is 0 Å². The minimum atomic E-state index is 0. The predicted octanol–water partition coefficient (Wildman–Crippen LogP) is 5.54. The standard InChI is InChI=1S/C23H28N2O.2ClH/c1-23(2,3)14-9-6-10-16-25(4)18-21-17-22(13-15-24-21)26-19-20-11-7-5-8-12-20;;/h5-8,10-13,15,17H,16,18-19H2,1-4H3;2*1H. The van der Waals surface area contributed by atoms with E-state index in [1.807, 2.05) is 36.4 Å². The Morgan fingerprint density at radius 3 is 2.50 bits per heavy atom. The Hall–Kier alpha value is -1.99. The molecular weight excluding hydrogens is 391 g/mol. The van der Waals surface area contributed by atoms with Crippen LogP contribution in [0.4, 0.5) is 0 Å². The molecule has 28 heavy (non-hydrogen) atoms. The number of allylic oxidation sites excluding steroid dienone is 1. The van der Waals surface area contributed by atoms with Crippen molar-refractivity contribution in [1.82, 2.24) is 9.88 Å². The van der Waals surface area contributed by atoms with E-state index in [0.717, 1.165) is 30.1 Å². The number of nitrogens with zero attached hydrogens (tertiary/aromatic N) is 2. The van der Waals surface area contributed by atoms with E-state index < -0.39 is 0 Å². The molecule has 0 atom stereocenters. The fourth-order valence-electron chi connectivity index (χ4n) is 2.26. The third kappa shape index (κ3) is 11.0. The summed E-state index contributed by atoms with van der Waals surface area (Å²) in [6.07, 6.45) is 5.80. The Morgan fingerprint density at radius 2 is 1.82 bits per heavy atom. The van der Waals surface area contributed by atoms with Crippen molar-refractivity contribution in [2.24, 2.45) is 5.41 Å². The predicted molar refractivity (Wildman–Crippen MR) is 122 cm³/mol. The number of halogens is 2.